The lowest BCUT2D eigenvalue weighted by atomic mass is 10.1. The quantitative estimate of drug-likeness (QED) is 0.872. The highest BCUT2D eigenvalue weighted by Crippen LogP contribution is 2.28. The maximum atomic E-state index is 4.72. The van der Waals surface area contributed by atoms with Gasteiger partial charge >= 0.3 is 0 Å². The molecular formula is C18H25N3. The minimum Gasteiger partial charge on any atom is -0.307 e. The molecule has 1 heterocycles. The van der Waals surface area contributed by atoms with Gasteiger partial charge in [-0.05, 0) is 36.5 Å². The zero-order chi connectivity index (χ0) is 14.5. The van der Waals surface area contributed by atoms with Gasteiger partial charge in [0.1, 0.15) is 0 Å². The van der Waals surface area contributed by atoms with Crippen LogP contribution in [0.25, 0.3) is 0 Å². The Hall–Kier alpha value is -1.61. The van der Waals surface area contributed by atoms with Crippen LogP contribution < -0.4 is 5.32 Å². The normalized spacial score (nSPS) is 15.7. The third kappa shape index (κ3) is 3.53. The van der Waals surface area contributed by atoms with E-state index in [1.54, 1.807) is 0 Å². The van der Waals surface area contributed by atoms with Gasteiger partial charge in [0, 0.05) is 19.3 Å². The van der Waals surface area contributed by atoms with Crippen molar-refractivity contribution in [1.82, 2.24) is 15.1 Å². The summed E-state index contributed by atoms with van der Waals surface area (Å²) < 4.78 is 2.17. The van der Waals surface area contributed by atoms with Crippen LogP contribution in [0.3, 0.4) is 0 Å². The van der Waals surface area contributed by atoms with Crippen molar-refractivity contribution in [3.8, 4) is 0 Å². The summed E-state index contributed by atoms with van der Waals surface area (Å²) in [6, 6.07) is 11.4. The first-order valence-electron chi connectivity index (χ1n) is 8.18. The zero-order valence-electron chi connectivity index (χ0n) is 12.9. The van der Waals surface area contributed by atoms with Gasteiger partial charge in [-0.15, -0.1) is 0 Å². The van der Waals surface area contributed by atoms with E-state index in [4.69, 9.17) is 5.10 Å². The molecule has 0 saturated heterocycles. The number of hydrogen-bond donors (Lipinski definition) is 1. The highest BCUT2D eigenvalue weighted by molar-refractivity contribution is 5.26. The Morgan fingerprint density at radius 3 is 2.62 bits per heavy atom. The van der Waals surface area contributed by atoms with Crippen molar-refractivity contribution in [2.45, 2.75) is 58.2 Å². The van der Waals surface area contributed by atoms with E-state index >= 15 is 0 Å². The van der Waals surface area contributed by atoms with Gasteiger partial charge in [0.15, 0.2) is 0 Å². The predicted octanol–water partition coefficient (Wildman–Crippen LogP) is 3.85. The third-order valence-electron chi connectivity index (χ3n) is 4.48. The van der Waals surface area contributed by atoms with Crippen molar-refractivity contribution in [3.63, 3.8) is 0 Å². The summed E-state index contributed by atoms with van der Waals surface area (Å²) in [7, 11) is 0. The molecule has 1 N–H and O–H groups in total. The summed E-state index contributed by atoms with van der Waals surface area (Å²) in [5.41, 5.74) is 3.98. The van der Waals surface area contributed by atoms with Crippen molar-refractivity contribution in [2.75, 3.05) is 0 Å². The van der Waals surface area contributed by atoms with Crippen LogP contribution in [-0.4, -0.2) is 9.78 Å². The van der Waals surface area contributed by atoms with E-state index < -0.39 is 0 Å². The molecule has 0 unspecified atom stereocenters. The molecule has 3 heteroatoms. The maximum Gasteiger partial charge on any atom is 0.0762 e. The van der Waals surface area contributed by atoms with Crippen molar-refractivity contribution in [2.24, 2.45) is 0 Å². The Kier molecular flexibility index (Phi) is 4.71. The molecule has 1 aliphatic carbocycles. The van der Waals surface area contributed by atoms with Gasteiger partial charge in [-0.3, -0.25) is 4.68 Å². The lowest BCUT2D eigenvalue weighted by Crippen LogP contribution is -2.15. The average molecular weight is 283 g/mol. The van der Waals surface area contributed by atoms with Crippen LogP contribution in [-0.2, 0) is 19.5 Å². The molecule has 3 nitrogen and oxygen atoms in total. The van der Waals surface area contributed by atoms with Crippen LogP contribution in [0.2, 0.25) is 0 Å². The van der Waals surface area contributed by atoms with E-state index in [-0.39, 0.29) is 0 Å². The molecule has 112 valence electrons. The summed E-state index contributed by atoms with van der Waals surface area (Å²) in [6.07, 6.45) is 8.52. The van der Waals surface area contributed by atoms with Crippen LogP contribution in [0, 0.1) is 0 Å². The summed E-state index contributed by atoms with van der Waals surface area (Å²) in [4.78, 5) is 0. The zero-order valence-corrected chi connectivity index (χ0v) is 12.9. The first-order valence-corrected chi connectivity index (χ1v) is 8.18. The van der Waals surface area contributed by atoms with Gasteiger partial charge in [0.05, 0.1) is 11.7 Å². The largest absolute Gasteiger partial charge is 0.307 e. The van der Waals surface area contributed by atoms with Gasteiger partial charge in [0.25, 0.3) is 0 Å². The van der Waals surface area contributed by atoms with Crippen molar-refractivity contribution in [3.05, 3.63) is 53.3 Å². The molecular weight excluding hydrogens is 258 g/mol. The molecule has 1 aromatic carbocycles. The monoisotopic (exact) mass is 283 g/mol. The van der Waals surface area contributed by atoms with Crippen LogP contribution >= 0.6 is 0 Å². The van der Waals surface area contributed by atoms with Crippen LogP contribution in [0.15, 0.2) is 36.5 Å². The lowest BCUT2D eigenvalue weighted by Gasteiger charge is -2.10. The summed E-state index contributed by atoms with van der Waals surface area (Å²) in [6.45, 7) is 3.97. The molecule has 1 fully saturated rings. The van der Waals surface area contributed by atoms with Crippen molar-refractivity contribution < 1.29 is 0 Å². The number of aromatic nitrogens is 2. The first-order chi connectivity index (χ1) is 10.4. The fourth-order valence-electron chi connectivity index (χ4n) is 3.24. The number of nitrogens with one attached hydrogen (secondary N) is 1. The minimum atomic E-state index is 0.638. The third-order valence-corrected chi connectivity index (χ3v) is 4.48. The maximum absolute atomic E-state index is 4.72. The fourth-order valence-corrected chi connectivity index (χ4v) is 3.24. The molecule has 0 atom stereocenters. The number of nitrogens with zero attached hydrogens (tertiary/aromatic N) is 2. The Balaban J connectivity index is 1.53. The van der Waals surface area contributed by atoms with Crippen molar-refractivity contribution in [1.29, 1.82) is 0 Å². The van der Waals surface area contributed by atoms with Gasteiger partial charge in [-0.1, -0.05) is 44.0 Å². The minimum absolute atomic E-state index is 0.638. The Labute approximate surface area is 127 Å². The molecule has 0 aliphatic heterocycles. The van der Waals surface area contributed by atoms with E-state index in [1.807, 2.05) is 0 Å². The average Bonchev–Trinajstić information content (AvgIpc) is 3.18. The summed E-state index contributed by atoms with van der Waals surface area (Å²) in [5, 5.41) is 8.24. The second-order valence-electron chi connectivity index (χ2n) is 5.95. The number of rotatable bonds is 6. The van der Waals surface area contributed by atoms with Gasteiger partial charge in [-0.25, -0.2) is 0 Å². The summed E-state index contributed by atoms with van der Waals surface area (Å²) in [5.74, 6) is 0. The predicted molar refractivity (Wildman–Crippen MR) is 86.1 cm³/mol. The van der Waals surface area contributed by atoms with E-state index in [9.17, 15) is 0 Å². The Morgan fingerprint density at radius 1 is 1.10 bits per heavy atom. The van der Waals surface area contributed by atoms with Gasteiger partial charge in [-0.2, -0.15) is 5.10 Å². The number of hydrogen-bond acceptors (Lipinski definition) is 2. The van der Waals surface area contributed by atoms with E-state index in [0.29, 0.717) is 6.04 Å². The smallest absolute Gasteiger partial charge is 0.0762 e. The highest BCUT2D eigenvalue weighted by atomic mass is 15.3. The van der Waals surface area contributed by atoms with E-state index in [2.05, 4.69) is 53.5 Å². The summed E-state index contributed by atoms with van der Waals surface area (Å²) >= 11 is 0. The highest BCUT2D eigenvalue weighted by Gasteiger charge is 2.17. The molecule has 0 bridgehead atoms. The number of benzene rings is 1. The molecule has 21 heavy (non-hydrogen) atoms. The molecule has 0 spiro atoms. The molecule has 1 aliphatic rings. The SMILES string of the molecule is CCc1ccccc1CNCc1ccn(C2CCCC2)n1. The van der Waals surface area contributed by atoms with Crippen LogP contribution in [0.4, 0.5) is 0 Å². The molecule has 3 rings (SSSR count). The standard InChI is InChI=1S/C18H25N3/c1-2-15-7-3-4-8-16(15)13-19-14-17-11-12-21(20-17)18-9-5-6-10-18/h3-4,7-8,11-12,18-19H,2,5-6,9-10,13-14H2,1H3. The fraction of sp³-hybridized carbons (Fsp3) is 0.500. The van der Waals surface area contributed by atoms with E-state index in [0.717, 1.165) is 25.2 Å². The molecule has 2 aromatic rings. The van der Waals surface area contributed by atoms with Crippen LogP contribution in [0.5, 0.6) is 0 Å². The molecule has 1 saturated carbocycles. The first kappa shape index (κ1) is 14.3. The molecule has 0 radical (unpaired) electrons. The van der Waals surface area contributed by atoms with E-state index in [1.165, 1.54) is 36.8 Å². The Bertz CT molecular complexity index is 567. The Morgan fingerprint density at radius 2 is 1.86 bits per heavy atom. The molecule has 1 aromatic heterocycles. The molecule has 0 amide bonds. The second-order valence-corrected chi connectivity index (χ2v) is 5.95. The van der Waals surface area contributed by atoms with Crippen LogP contribution in [0.1, 0.15) is 55.5 Å². The van der Waals surface area contributed by atoms with Gasteiger partial charge in [0.2, 0.25) is 0 Å². The second kappa shape index (κ2) is 6.90. The van der Waals surface area contributed by atoms with Gasteiger partial charge < -0.3 is 5.32 Å². The topological polar surface area (TPSA) is 29.9 Å². The number of aryl methyl sites for hydroxylation is 1. The lowest BCUT2D eigenvalue weighted by molar-refractivity contribution is 0.460. The van der Waals surface area contributed by atoms with Crippen molar-refractivity contribution >= 4 is 0 Å².